The van der Waals surface area contributed by atoms with Crippen molar-refractivity contribution in [2.24, 2.45) is 0 Å². The van der Waals surface area contributed by atoms with Crippen LogP contribution in [-0.4, -0.2) is 63.1 Å². The van der Waals surface area contributed by atoms with Gasteiger partial charge in [0.25, 0.3) is 0 Å². The molecule has 0 spiro atoms. The van der Waals surface area contributed by atoms with Crippen LogP contribution < -0.4 is 0 Å². The van der Waals surface area contributed by atoms with E-state index in [1.807, 2.05) is 6.07 Å². The number of sulfonamides is 1. The number of benzene rings is 1. The number of likely N-dealkylation sites (tertiary alicyclic amines) is 1. The smallest absolute Gasteiger partial charge is 0.243 e. The minimum atomic E-state index is -3.39. The summed E-state index contributed by atoms with van der Waals surface area (Å²) >= 11 is 0. The fourth-order valence-electron chi connectivity index (χ4n) is 3.62. The van der Waals surface area contributed by atoms with Crippen molar-refractivity contribution >= 4 is 10.0 Å². The zero-order chi connectivity index (χ0) is 16.3. The minimum Gasteiger partial charge on any atom is -0.381 e. The molecule has 128 valence electrons. The van der Waals surface area contributed by atoms with Crippen LogP contribution in [0.1, 0.15) is 25.7 Å². The molecule has 0 radical (unpaired) electrons. The second kappa shape index (κ2) is 7.30. The molecule has 0 bridgehead atoms. The van der Waals surface area contributed by atoms with Crippen LogP contribution in [-0.2, 0) is 14.8 Å². The van der Waals surface area contributed by atoms with E-state index < -0.39 is 10.0 Å². The first-order valence-corrected chi connectivity index (χ1v) is 9.88. The largest absolute Gasteiger partial charge is 0.381 e. The van der Waals surface area contributed by atoms with Crippen LogP contribution in [0.25, 0.3) is 0 Å². The third-order valence-corrected chi connectivity index (χ3v) is 7.06. The first-order chi connectivity index (χ1) is 11.1. The molecule has 2 heterocycles. The van der Waals surface area contributed by atoms with E-state index in [1.54, 1.807) is 35.6 Å². The third-order valence-electron chi connectivity index (χ3n) is 5.14. The number of ether oxygens (including phenoxy) is 1. The zero-order valence-electron chi connectivity index (χ0n) is 13.7. The zero-order valence-corrected chi connectivity index (χ0v) is 14.5. The maximum absolute atomic E-state index is 12.7. The van der Waals surface area contributed by atoms with Crippen molar-refractivity contribution in [2.75, 3.05) is 33.4 Å². The van der Waals surface area contributed by atoms with Crippen LogP contribution in [0.5, 0.6) is 0 Å². The fraction of sp³-hybridized carbons (Fsp3) is 0.647. The molecule has 0 atom stereocenters. The monoisotopic (exact) mass is 338 g/mol. The molecule has 1 aromatic carbocycles. The van der Waals surface area contributed by atoms with Gasteiger partial charge in [0.1, 0.15) is 0 Å². The Morgan fingerprint density at radius 3 is 2.26 bits per heavy atom. The molecule has 0 N–H and O–H groups in total. The molecule has 6 heteroatoms. The Labute approximate surface area is 139 Å². The highest BCUT2D eigenvalue weighted by Crippen LogP contribution is 2.25. The Morgan fingerprint density at radius 1 is 1.04 bits per heavy atom. The molecule has 0 unspecified atom stereocenters. The van der Waals surface area contributed by atoms with Crippen LogP contribution in [0.4, 0.5) is 0 Å². The second-order valence-electron chi connectivity index (χ2n) is 6.44. The van der Waals surface area contributed by atoms with Gasteiger partial charge in [0.05, 0.1) is 4.90 Å². The molecule has 1 aromatic rings. The minimum absolute atomic E-state index is 0.0938. The van der Waals surface area contributed by atoms with Crippen LogP contribution in [0.2, 0.25) is 0 Å². The molecule has 2 saturated heterocycles. The van der Waals surface area contributed by atoms with Gasteiger partial charge >= 0.3 is 0 Å². The van der Waals surface area contributed by atoms with Gasteiger partial charge in [0.2, 0.25) is 10.0 Å². The van der Waals surface area contributed by atoms with E-state index in [-0.39, 0.29) is 6.04 Å². The van der Waals surface area contributed by atoms with E-state index in [2.05, 4.69) is 4.90 Å². The summed E-state index contributed by atoms with van der Waals surface area (Å²) in [5.74, 6) is 0. The Balaban J connectivity index is 1.60. The van der Waals surface area contributed by atoms with Crippen molar-refractivity contribution in [1.82, 2.24) is 9.21 Å². The molecule has 0 saturated carbocycles. The van der Waals surface area contributed by atoms with Crippen LogP contribution >= 0.6 is 0 Å². The first kappa shape index (κ1) is 16.9. The Bertz CT molecular complexity index is 592. The molecule has 3 rings (SSSR count). The van der Waals surface area contributed by atoms with Crippen molar-refractivity contribution in [3.63, 3.8) is 0 Å². The van der Waals surface area contributed by atoms with Crippen LogP contribution in [0.3, 0.4) is 0 Å². The third kappa shape index (κ3) is 3.76. The van der Waals surface area contributed by atoms with E-state index in [9.17, 15) is 8.42 Å². The highest BCUT2D eigenvalue weighted by molar-refractivity contribution is 7.89. The topological polar surface area (TPSA) is 49.9 Å². The van der Waals surface area contributed by atoms with Crippen molar-refractivity contribution < 1.29 is 13.2 Å². The number of piperidine rings is 1. The lowest BCUT2D eigenvalue weighted by Crippen LogP contribution is -2.49. The molecular weight excluding hydrogens is 312 g/mol. The predicted octanol–water partition coefficient (Wildman–Crippen LogP) is 1.95. The van der Waals surface area contributed by atoms with Gasteiger partial charge < -0.3 is 9.64 Å². The number of hydrogen-bond donors (Lipinski definition) is 0. The summed E-state index contributed by atoms with van der Waals surface area (Å²) in [5, 5.41) is 0. The maximum atomic E-state index is 12.7. The van der Waals surface area contributed by atoms with E-state index in [4.69, 9.17) is 4.74 Å². The average Bonchev–Trinajstić information content (AvgIpc) is 2.63. The first-order valence-electron chi connectivity index (χ1n) is 8.44. The molecule has 0 aliphatic carbocycles. The van der Waals surface area contributed by atoms with E-state index in [1.165, 1.54) is 0 Å². The van der Waals surface area contributed by atoms with E-state index in [0.717, 1.165) is 52.0 Å². The Morgan fingerprint density at radius 2 is 1.65 bits per heavy atom. The van der Waals surface area contributed by atoms with Crippen molar-refractivity contribution in [3.05, 3.63) is 30.3 Å². The predicted molar refractivity (Wildman–Crippen MR) is 89.8 cm³/mol. The van der Waals surface area contributed by atoms with Crippen molar-refractivity contribution in [1.29, 1.82) is 0 Å². The van der Waals surface area contributed by atoms with Gasteiger partial charge in [-0.3, -0.25) is 0 Å². The average molecular weight is 338 g/mol. The fourth-order valence-corrected chi connectivity index (χ4v) is 5.06. The molecular formula is C17H26N2O3S. The van der Waals surface area contributed by atoms with Gasteiger partial charge in [-0.2, -0.15) is 4.31 Å². The summed E-state index contributed by atoms with van der Waals surface area (Å²) in [4.78, 5) is 2.90. The summed E-state index contributed by atoms with van der Waals surface area (Å²) < 4.78 is 32.4. The number of hydrogen-bond acceptors (Lipinski definition) is 4. The molecule has 0 aromatic heterocycles. The quantitative estimate of drug-likeness (QED) is 0.842. The highest BCUT2D eigenvalue weighted by Gasteiger charge is 2.32. The summed E-state index contributed by atoms with van der Waals surface area (Å²) in [5.41, 5.74) is 0. The van der Waals surface area contributed by atoms with Crippen molar-refractivity contribution in [2.45, 2.75) is 42.7 Å². The summed E-state index contributed by atoms with van der Waals surface area (Å²) in [6.07, 6.45) is 4.01. The molecule has 5 nitrogen and oxygen atoms in total. The molecule has 2 aliphatic rings. The SMILES string of the molecule is CN(C1CCN(C2CCOCC2)CC1)S(=O)(=O)c1ccccc1. The van der Waals surface area contributed by atoms with Gasteiger partial charge in [0, 0.05) is 32.3 Å². The van der Waals surface area contributed by atoms with Gasteiger partial charge in [-0.15, -0.1) is 0 Å². The normalized spacial score (nSPS) is 22.5. The van der Waals surface area contributed by atoms with E-state index >= 15 is 0 Å². The van der Waals surface area contributed by atoms with Gasteiger partial charge in [-0.1, -0.05) is 18.2 Å². The lowest BCUT2D eigenvalue weighted by Gasteiger charge is -2.41. The summed E-state index contributed by atoms with van der Waals surface area (Å²) in [6, 6.07) is 9.43. The standard InChI is InChI=1S/C17H26N2O3S/c1-18(23(20,21)17-5-3-2-4-6-17)15-7-11-19(12-8-15)16-9-13-22-14-10-16/h2-6,15-16H,7-14H2,1H3. The lowest BCUT2D eigenvalue weighted by molar-refractivity contribution is 0.0208. The molecule has 23 heavy (non-hydrogen) atoms. The molecule has 2 aliphatic heterocycles. The van der Waals surface area contributed by atoms with Gasteiger partial charge in [0.15, 0.2) is 0 Å². The molecule has 0 amide bonds. The van der Waals surface area contributed by atoms with Crippen LogP contribution in [0.15, 0.2) is 35.2 Å². The highest BCUT2D eigenvalue weighted by atomic mass is 32.2. The summed E-state index contributed by atoms with van der Waals surface area (Å²) in [7, 11) is -1.67. The van der Waals surface area contributed by atoms with Gasteiger partial charge in [-0.25, -0.2) is 8.42 Å². The summed E-state index contributed by atoms with van der Waals surface area (Å²) in [6.45, 7) is 3.66. The molecule has 2 fully saturated rings. The maximum Gasteiger partial charge on any atom is 0.243 e. The van der Waals surface area contributed by atoms with Gasteiger partial charge in [-0.05, 0) is 50.9 Å². The van der Waals surface area contributed by atoms with Crippen molar-refractivity contribution in [3.8, 4) is 0 Å². The Hall–Kier alpha value is -0.950. The number of nitrogens with zero attached hydrogens (tertiary/aromatic N) is 2. The Kier molecular flexibility index (Phi) is 5.36. The second-order valence-corrected chi connectivity index (χ2v) is 8.44. The lowest BCUT2D eigenvalue weighted by atomic mass is 10.00. The van der Waals surface area contributed by atoms with E-state index in [0.29, 0.717) is 10.9 Å². The van der Waals surface area contributed by atoms with Crippen LogP contribution in [0, 0.1) is 0 Å². The number of rotatable bonds is 4.